The van der Waals surface area contributed by atoms with E-state index in [9.17, 15) is 0 Å². The van der Waals surface area contributed by atoms with E-state index in [0.717, 1.165) is 47.4 Å². The number of rotatable bonds is 3. The van der Waals surface area contributed by atoms with Gasteiger partial charge in [-0.1, -0.05) is 25.4 Å². The first-order valence-corrected chi connectivity index (χ1v) is 8.96. The number of nitrogens with zero attached hydrogens (tertiary/aromatic N) is 2. The molecule has 0 radical (unpaired) electrons. The van der Waals surface area contributed by atoms with Gasteiger partial charge in [0.05, 0.1) is 11.4 Å². The summed E-state index contributed by atoms with van der Waals surface area (Å²) in [5, 5.41) is 10.7. The van der Waals surface area contributed by atoms with Crippen molar-refractivity contribution in [2.45, 2.75) is 33.2 Å². The zero-order chi connectivity index (χ0) is 18.3. The Balaban J connectivity index is 0.00000139. The van der Waals surface area contributed by atoms with Crippen molar-refractivity contribution in [3.63, 3.8) is 0 Å². The largest absolute Gasteiger partial charge is 0.386 e. The summed E-state index contributed by atoms with van der Waals surface area (Å²) in [4.78, 5) is 6.69. The maximum atomic E-state index is 6.37. The first-order chi connectivity index (χ1) is 11.4. The zero-order valence-corrected chi connectivity index (χ0v) is 16.8. The van der Waals surface area contributed by atoms with Crippen LogP contribution in [0.15, 0.2) is 17.1 Å². The molecule has 0 aliphatic carbocycles. The molecule has 1 aliphatic rings. The Morgan fingerprint density at radius 3 is 2.46 bits per heavy atom. The van der Waals surface area contributed by atoms with Gasteiger partial charge >= 0.3 is 0 Å². The van der Waals surface area contributed by atoms with Crippen molar-refractivity contribution >= 4 is 28.8 Å². The van der Waals surface area contributed by atoms with Crippen LogP contribution in [0.2, 0.25) is 5.02 Å². The van der Waals surface area contributed by atoms with Crippen molar-refractivity contribution in [3.05, 3.63) is 22.7 Å². The Morgan fingerprint density at radius 2 is 1.96 bits per heavy atom. The van der Waals surface area contributed by atoms with Crippen LogP contribution in [-0.2, 0) is 0 Å². The number of amidine groups is 1. The maximum Gasteiger partial charge on any atom is 0.129 e. The van der Waals surface area contributed by atoms with Gasteiger partial charge in [0.2, 0.25) is 0 Å². The lowest BCUT2D eigenvalue weighted by Crippen LogP contribution is -2.57. The molecule has 0 saturated carbocycles. The molecule has 0 spiro atoms. The molecule has 6 heteroatoms. The molecular formula is C18H32ClN5. The molecule has 1 fully saturated rings. The van der Waals surface area contributed by atoms with E-state index in [0.29, 0.717) is 0 Å². The van der Waals surface area contributed by atoms with E-state index in [-0.39, 0.29) is 5.54 Å². The Hall–Kier alpha value is -1.46. The molecule has 0 aromatic heterocycles. The first-order valence-electron chi connectivity index (χ1n) is 8.58. The monoisotopic (exact) mass is 353 g/mol. The summed E-state index contributed by atoms with van der Waals surface area (Å²) >= 11 is 6.37. The Kier molecular flexibility index (Phi) is 7.84. The van der Waals surface area contributed by atoms with Gasteiger partial charge in [-0.15, -0.1) is 0 Å². The third-order valence-corrected chi connectivity index (χ3v) is 4.18. The van der Waals surface area contributed by atoms with E-state index in [1.54, 1.807) is 7.05 Å². The molecule has 3 N–H and O–H groups in total. The van der Waals surface area contributed by atoms with Gasteiger partial charge in [-0.2, -0.15) is 0 Å². The second kappa shape index (κ2) is 9.14. The number of aliphatic imine (C=N–C) groups is 1. The fourth-order valence-electron chi connectivity index (χ4n) is 3.01. The quantitative estimate of drug-likeness (QED) is 0.577. The highest BCUT2D eigenvalue weighted by molar-refractivity contribution is 6.31. The number of benzene rings is 1. The standard InChI is InChI=1S/C16H26ClN5.C2H6/c1-16(2)10-22(7-6-21-16)13-9-11(17)8-12(14(13)18-3)15(19-4)20-5;1-2/h8-9,18,21H,6-7,10H2,1-5H3,(H,19,20);1-2H3. The molecule has 1 aromatic carbocycles. The van der Waals surface area contributed by atoms with Gasteiger partial charge in [0.25, 0.3) is 0 Å². The smallest absolute Gasteiger partial charge is 0.129 e. The molecule has 1 heterocycles. The van der Waals surface area contributed by atoms with Crippen LogP contribution in [0.4, 0.5) is 11.4 Å². The fraction of sp³-hybridized carbons (Fsp3) is 0.611. The molecule has 24 heavy (non-hydrogen) atoms. The second-order valence-electron chi connectivity index (χ2n) is 6.15. The number of nitrogens with one attached hydrogen (secondary N) is 3. The molecule has 1 saturated heterocycles. The van der Waals surface area contributed by atoms with E-state index in [1.165, 1.54) is 0 Å². The third-order valence-electron chi connectivity index (χ3n) is 3.96. The van der Waals surface area contributed by atoms with Crippen molar-refractivity contribution in [2.75, 3.05) is 51.0 Å². The van der Waals surface area contributed by atoms with E-state index in [1.807, 2.05) is 40.1 Å². The molecule has 1 aliphatic heterocycles. The molecular weight excluding hydrogens is 322 g/mol. The van der Waals surface area contributed by atoms with Gasteiger partial charge in [0.1, 0.15) is 5.84 Å². The minimum Gasteiger partial charge on any atom is -0.386 e. The fourth-order valence-corrected chi connectivity index (χ4v) is 3.22. The molecule has 0 bridgehead atoms. The molecule has 2 rings (SSSR count). The highest BCUT2D eigenvalue weighted by Crippen LogP contribution is 2.34. The molecule has 136 valence electrons. The molecule has 0 unspecified atom stereocenters. The van der Waals surface area contributed by atoms with Crippen molar-refractivity contribution in [2.24, 2.45) is 4.99 Å². The number of piperazine rings is 1. The van der Waals surface area contributed by atoms with Gasteiger partial charge in [-0.05, 0) is 26.0 Å². The van der Waals surface area contributed by atoms with Gasteiger partial charge in [-0.3, -0.25) is 4.99 Å². The Labute approximate surface area is 151 Å². The summed E-state index contributed by atoms with van der Waals surface area (Å²) in [7, 11) is 5.59. The summed E-state index contributed by atoms with van der Waals surface area (Å²) < 4.78 is 0. The Bertz CT molecular complexity index is 569. The summed E-state index contributed by atoms with van der Waals surface area (Å²) in [6.07, 6.45) is 0. The van der Waals surface area contributed by atoms with Crippen LogP contribution >= 0.6 is 11.6 Å². The number of hydrogen-bond acceptors (Lipinski definition) is 4. The van der Waals surface area contributed by atoms with Crippen LogP contribution < -0.4 is 20.9 Å². The van der Waals surface area contributed by atoms with E-state index < -0.39 is 0 Å². The average Bonchev–Trinajstić information content (AvgIpc) is 2.56. The topological polar surface area (TPSA) is 51.7 Å². The second-order valence-corrected chi connectivity index (χ2v) is 6.59. The number of anilines is 2. The minimum absolute atomic E-state index is 0.0798. The molecule has 1 aromatic rings. The summed E-state index contributed by atoms with van der Waals surface area (Å²) in [5.41, 5.74) is 3.25. The van der Waals surface area contributed by atoms with Crippen LogP contribution in [-0.4, -0.2) is 52.2 Å². The summed E-state index contributed by atoms with van der Waals surface area (Å²) in [6.45, 7) is 11.3. The van der Waals surface area contributed by atoms with Crippen molar-refractivity contribution in [1.29, 1.82) is 0 Å². The average molecular weight is 354 g/mol. The van der Waals surface area contributed by atoms with Gasteiger partial charge in [-0.25, -0.2) is 0 Å². The lowest BCUT2D eigenvalue weighted by Gasteiger charge is -2.41. The van der Waals surface area contributed by atoms with E-state index in [4.69, 9.17) is 11.6 Å². The lowest BCUT2D eigenvalue weighted by molar-refractivity contribution is 0.353. The number of halogens is 1. The molecule has 5 nitrogen and oxygen atoms in total. The van der Waals surface area contributed by atoms with Crippen molar-refractivity contribution < 1.29 is 0 Å². The highest BCUT2D eigenvalue weighted by atomic mass is 35.5. The highest BCUT2D eigenvalue weighted by Gasteiger charge is 2.28. The van der Waals surface area contributed by atoms with Crippen molar-refractivity contribution in [1.82, 2.24) is 10.6 Å². The molecule has 0 atom stereocenters. The van der Waals surface area contributed by atoms with Crippen LogP contribution in [0.3, 0.4) is 0 Å². The first kappa shape index (κ1) is 20.6. The van der Waals surface area contributed by atoms with Crippen LogP contribution in [0.1, 0.15) is 33.3 Å². The van der Waals surface area contributed by atoms with Gasteiger partial charge < -0.3 is 20.9 Å². The van der Waals surface area contributed by atoms with Gasteiger partial charge in [0.15, 0.2) is 0 Å². The molecule has 0 amide bonds. The Morgan fingerprint density at radius 1 is 1.29 bits per heavy atom. The predicted molar refractivity (Wildman–Crippen MR) is 108 cm³/mol. The lowest BCUT2D eigenvalue weighted by atomic mass is 10.0. The maximum absolute atomic E-state index is 6.37. The van der Waals surface area contributed by atoms with Crippen LogP contribution in [0.25, 0.3) is 0 Å². The van der Waals surface area contributed by atoms with Gasteiger partial charge in [0, 0.05) is 56.9 Å². The zero-order valence-electron chi connectivity index (χ0n) is 16.0. The van der Waals surface area contributed by atoms with Crippen LogP contribution in [0, 0.1) is 0 Å². The third kappa shape index (κ3) is 4.77. The van der Waals surface area contributed by atoms with E-state index in [2.05, 4.69) is 39.7 Å². The van der Waals surface area contributed by atoms with Crippen molar-refractivity contribution in [3.8, 4) is 0 Å². The van der Waals surface area contributed by atoms with Crippen LogP contribution in [0.5, 0.6) is 0 Å². The predicted octanol–water partition coefficient (Wildman–Crippen LogP) is 3.19. The minimum atomic E-state index is 0.0798. The van der Waals surface area contributed by atoms with E-state index >= 15 is 0 Å². The summed E-state index contributed by atoms with van der Waals surface area (Å²) in [5.74, 6) is 0.822. The number of hydrogen-bond donors (Lipinski definition) is 3. The summed E-state index contributed by atoms with van der Waals surface area (Å²) in [6, 6.07) is 3.98. The normalized spacial score (nSPS) is 17.0. The SMILES string of the molecule is CC.CN=C(NC)c1cc(Cl)cc(N2CCNC(C)(C)C2)c1NC.